The molecular weight excluding hydrogens is 616 g/mol. The third kappa shape index (κ3) is 9.47. The van der Waals surface area contributed by atoms with Gasteiger partial charge in [0.15, 0.2) is 0 Å². The first-order valence-corrected chi connectivity index (χ1v) is 17.7. The Hall–Kier alpha value is -3.18. The Balaban J connectivity index is 1.22. The molecule has 0 aliphatic carbocycles. The lowest BCUT2D eigenvalue weighted by Gasteiger charge is -2.47. The van der Waals surface area contributed by atoms with Crippen LogP contribution in [0.5, 0.6) is 0 Å². The number of hydrogen-bond donors (Lipinski definition) is 2. The number of fused-ring (bicyclic) bond motifs is 1. The Morgan fingerprint density at radius 1 is 0.979 bits per heavy atom. The molecule has 47 heavy (non-hydrogen) atoms. The number of carbonyl (C=O) groups excluding carboxylic acids is 3. The summed E-state index contributed by atoms with van der Waals surface area (Å²) < 4.78 is 5.22. The van der Waals surface area contributed by atoms with Gasteiger partial charge in [0.05, 0.1) is 6.61 Å². The van der Waals surface area contributed by atoms with Crippen LogP contribution in [0.25, 0.3) is 0 Å². The summed E-state index contributed by atoms with van der Waals surface area (Å²) in [6.45, 7) is 12.4. The maximum absolute atomic E-state index is 14.1. The van der Waals surface area contributed by atoms with Gasteiger partial charge in [-0.15, -0.1) is 0 Å². The molecule has 3 amide bonds. The van der Waals surface area contributed by atoms with Gasteiger partial charge in [-0.05, 0) is 67.5 Å². The van der Waals surface area contributed by atoms with E-state index in [9.17, 15) is 14.4 Å². The monoisotopic (exact) mass is 666 g/mol. The number of ether oxygens (including phenoxy) is 1. The summed E-state index contributed by atoms with van der Waals surface area (Å²) in [4.78, 5) is 43.6. The number of nitrogens with zero attached hydrogens (tertiary/aromatic N) is 4. The molecule has 0 aromatic heterocycles. The lowest BCUT2D eigenvalue weighted by atomic mass is 9.92. The van der Waals surface area contributed by atoms with Gasteiger partial charge < -0.3 is 25.2 Å². The lowest BCUT2D eigenvalue weighted by Crippen LogP contribution is -2.61. The van der Waals surface area contributed by atoms with Crippen LogP contribution in [0.3, 0.4) is 0 Å². The molecule has 0 saturated carbocycles. The second-order valence-electron chi connectivity index (χ2n) is 13.3. The maximum atomic E-state index is 14.1. The molecule has 2 atom stereocenters. The highest BCUT2D eigenvalue weighted by molar-refractivity contribution is 6.30. The van der Waals surface area contributed by atoms with Crippen molar-refractivity contribution < 1.29 is 19.1 Å². The number of piperazine rings is 1. The van der Waals surface area contributed by atoms with Crippen molar-refractivity contribution in [2.24, 2.45) is 5.92 Å². The summed E-state index contributed by atoms with van der Waals surface area (Å²) in [5, 5.41) is 12.1. The van der Waals surface area contributed by atoms with Crippen LogP contribution in [0.1, 0.15) is 62.8 Å². The number of likely N-dealkylation sites (tertiary alicyclic amines) is 1. The van der Waals surface area contributed by atoms with E-state index in [0.717, 1.165) is 56.6 Å². The molecule has 3 aliphatic rings. The fourth-order valence-corrected chi connectivity index (χ4v) is 7.22. The van der Waals surface area contributed by atoms with Crippen molar-refractivity contribution in [1.29, 1.82) is 0 Å². The lowest BCUT2D eigenvalue weighted by molar-refractivity contribution is -0.144. The fraction of sp³-hybridized carbons (Fsp3) is 0.583. The number of rotatable bonds is 11. The van der Waals surface area contributed by atoms with Crippen molar-refractivity contribution in [3.63, 3.8) is 0 Å². The van der Waals surface area contributed by atoms with E-state index in [1.165, 1.54) is 5.56 Å². The summed E-state index contributed by atoms with van der Waals surface area (Å²) >= 11 is 6.14. The van der Waals surface area contributed by atoms with Gasteiger partial charge in [0.1, 0.15) is 6.04 Å². The van der Waals surface area contributed by atoms with Crippen molar-refractivity contribution in [2.75, 3.05) is 59.0 Å². The third-order valence-corrected chi connectivity index (χ3v) is 9.74. The topological polar surface area (TPSA) is 97.5 Å². The molecule has 5 rings (SSSR count). The van der Waals surface area contributed by atoms with Gasteiger partial charge >= 0.3 is 6.09 Å². The molecule has 2 N–H and O–H groups in total. The highest BCUT2D eigenvalue weighted by Crippen LogP contribution is 2.26. The average molecular weight is 667 g/mol. The van der Waals surface area contributed by atoms with Crippen molar-refractivity contribution in [3.8, 4) is 0 Å². The zero-order chi connectivity index (χ0) is 33.3. The van der Waals surface area contributed by atoms with Crippen LogP contribution in [0.2, 0.25) is 5.02 Å². The van der Waals surface area contributed by atoms with Gasteiger partial charge in [-0.1, -0.05) is 61.8 Å². The maximum Gasteiger partial charge on any atom is 0.409 e. The normalized spacial score (nSPS) is 19.8. The van der Waals surface area contributed by atoms with E-state index in [0.29, 0.717) is 56.2 Å². The van der Waals surface area contributed by atoms with Crippen LogP contribution in [0.4, 0.5) is 4.79 Å². The molecule has 256 valence electrons. The minimum atomic E-state index is -0.673. The number of nitrogens with one attached hydrogen (secondary N) is 2. The van der Waals surface area contributed by atoms with E-state index < -0.39 is 6.04 Å². The summed E-state index contributed by atoms with van der Waals surface area (Å²) in [6.07, 6.45) is 3.16. The second-order valence-corrected chi connectivity index (χ2v) is 13.8. The summed E-state index contributed by atoms with van der Waals surface area (Å²) in [7, 11) is 0. The molecule has 0 radical (unpaired) electrons. The highest BCUT2D eigenvalue weighted by atomic mass is 35.5. The van der Waals surface area contributed by atoms with Crippen molar-refractivity contribution >= 4 is 29.5 Å². The first kappa shape index (κ1) is 35.1. The molecule has 0 bridgehead atoms. The second kappa shape index (κ2) is 16.8. The van der Waals surface area contributed by atoms with Crippen molar-refractivity contribution in [1.82, 2.24) is 30.5 Å². The zero-order valence-electron chi connectivity index (χ0n) is 28.1. The standard InChI is InChI=1S/C36H51ClN6O4/c1-4-47-36(46)41-17-14-30(15-18-41)43(25-26(2)3)42-21-19-40(20-22-42)35(45)33(23-27-9-11-29(37)12-10-27)39-34(44)24-32-31-8-6-5-7-28(31)13-16-38-32/h5-12,26,30,32-33,38H,4,13-25H2,1-3H3,(H,39,44)/t32-,33-/m1/s1. The number of halogens is 1. The fourth-order valence-electron chi connectivity index (χ4n) is 7.09. The number of amides is 3. The minimum Gasteiger partial charge on any atom is -0.450 e. The van der Waals surface area contributed by atoms with Crippen LogP contribution in [-0.4, -0.2) is 109 Å². The van der Waals surface area contributed by atoms with Gasteiger partial charge in [-0.3, -0.25) is 9.59 Å². The summed E-state index contributed by atoms with van der Waals surface area (Å²) in [6, 6.07) is 15.3. The number of carbonyl (C=O) groups is 3. The Morgan fingerprint density at radius 3 is 2.36 bits per heavy atom. The largest absolute Gasteiger partial charge is 0.450 e. The first-order chi connectivity index (χ1) is 22.7. The van der Waals surface area contributed by atoms with Gasteiger partial charge in [0.2, 0.25) is 11.8 Å². The zero-order valence-corrected chi connectivity index (χ0v) is 28.9. The molecule has 2 saturated heterocycles. The van der Waals surface area contributed by atoms with Crippen LogP contribution in [0, 0.1) is 5.92 Å². The minimum absolute atomic E-state index is 0.0527. The smallest absolute Gasteiger partial charge is 0.409 e. The highest BCUT2D eigenvalue weighted by Gasteiger charge is 2.35. The number of hydrogen-bond acceptors (Lipinski definition) is 7. The molecule has 2 fully saturated rings. The molecule has 2 aromatic carbocycles. The molecule has 0 spiro atoms. The van der Waals surface area contributed by atoms with E-state index in [1.807, 2.05) is 53.1 Å². The van der Waals surface area contributed by atoms with Crippen LogP contribution >= 0.6 is 11.6 Å². The first-order valence-electron chi connectivity index (χ1n) is 17.3. The van der Waals surface area contributed by atoms with E-state index in [-0.39, 0.29) is 30.4 Å². The van der Waals surface area contributed by atoms with Gasteiger partial charge in [-0.25, -0.2) is 14.8 Å². The van der Waals surface area contributed by atoms with Crippen LogP contribution in [0.15, 0.2) is 48.5 Å². The van der Waals surface area contributed by atoms with Crippen LogP contribution < -0.4 is 10.6 Å². The predicted octanol–water partition coefficient (Wildman–Crippen LogP) is 4.28. The SMILES string of the molecule is CCOC(=O)N1CCC(N(CC(C)C)N2CCN(C(=O)[C@@H](Cc3ccc(Cl)cc3)NC(=O)C[C@H]3NCCc4ccccc43)CC2)CC1. The molecule has 11 heteroatoms. The van der Waals surface area contributed by atoms with E-state index in [2.05, 4.69) is 46.6 Å². The van der Waals surface area contributed by atoms with Crippen molar-refractivity contribution in [3.05, 3.63) is 70.2 Å². The number of hydrazine groups is 1. The third-order valence-electron chi connectivity index (χ3n) is 9.49. The Bertz CT molecular complexity index is 1340. The average Bonchev–Trinajstić information content (AvgIpc) is 3.08. The molecule has 2 aromatic rings. The van der Waals surface area contributed by atoms with E-state index in [1.54, 1.807) is 0 Å². The molecule has 3 heterocycles. The summed E-state index contributed by atoms with van der Waals surface area (Å²) in [5.41, 5.74) is 3.37. The van der Waals surface area contributed by atoms with Gasteiger partial charge in [-0.2, -0.15) is 0 Å². The number of benzene rings is 2. The Labute approximate surface area is 284 Å². The molecular formula is C36H51ClN6O4. The summed E-state index contributed by atoms with van der Waals surface area (Å²) in [5.74, 6) is 0.285. The van der Waals surface area contributed by atoms with Crippen LogP contribution in [-0.2, 0) is 27.2 Å². The Kier molecular flexibility index (Phi) is 12.5. The van der Waals surface area contributed by atoms with E-state index in [4.69, 9.17) is 16.3 Å². The molecule has 3 aliphatic heterocycles. The van der Waals surface area contributed by atoms with E-state index >= 15 is 0 Å². The quantitative estimate of drug-likeness (QED) is 0.370. The molecule has 10 nitrogen and oxygen atoms in total. The van der Waals surface area contributed by atoms with Gasteiger partial charge in [0.25, 0.3) is 0 Å². The predicted molar refractivity (Wildman–Crippen MR) is 184 cm³/mol. The Morgan fingerprint density at radius 2 is 1.68 bits per heavy atom. The molecule has 0 unspecified atom stereocenters. The number of piperidine rings is 1. The van der Waals surface area contributed by atoms with Crippen molar-refractivity contribution in [2.45, 2.75) is 71.0 Å². The van der Waals surface area contributed by atoms with Gasteiger partial charge in [0, 0.05) is 75.8 Å².